The second kappa shape index (κ2) is 6.81. The first-order valence-electron chi connectivity index (χ1n) is 7.98. The number of rotatable bonds is 4. The van der Waals surface area contributed by atoms with E-state index >= 15 is 0 Å². The van der Waals surface area contributed by atoms with Gasteiger partial charge in [0.1, 0.15) is 17.3 Å². The van der Waals surface area contributed by atoms with Crippen LogP contribution in [0.5, 0.6) is 11.5 Å². The molecular formula is C19H14FN3O3S. The molecule has 27 heavy (non-hydrogen) atoms. The number of thiazole rings is 1. The van der Waals surface area contributed by atoms with Crippen molar-refractivity contribution in [3.05, 3.63) is 68.7 Å². The first-order chi connectivity index (χ1) is 13.1. The van der Waals surface area contributed by atoms with Gasteiger partial charge in [-0.25, -0.2) is 4.39 Å². The van der Waals surface area contributed by atoms with E-state index in [1.165, 1.54) is 28.0 Å². The average Bonchev–Trinajstić information content (AvgIpc) is 3.22. The summed E-state index contributed by atoms with van der Waals surface area (Å²) in [5, 5.41) is 4.25. The van der Waals surface area contributed by atoms with Gasteiger partial charge in [0.2, 0.25) is 4.96 Å². The van der Waals surface area contributed by atoms with Crippen LogP contribution in [0.15, 0.2) is 47.3 Å². The fourth-order valence-corrected chi connectivity index (χ4v) is 3.53. The molecular weight excluding hydrogens is 369 g/mol. The van der Waals surface area contributed by atoms with Gasteiger partial charge in [-0.1, -0.05) is 11.3 Å². The van der Waals surface area contributed by atoms with Gasteiger partial charge in [0.05, 0.1) is 18.8 Å². The van der Waals surface area contributed by atoms with Gasteiger partial charge in [-0.2, -0.15) is 9.50 Å². The van der Waals surface area contributed by atoms with Crippen molar-refractivity contribution < 1.29 is 13.9 Å². The molecule has 4 rings (SSSR count). The highest BCUT2D eigenvalue weighted by atomic mass is 32.1. The molecule has 136 valence electrons. The van der Waals surface area contributed by atoms with Crippen LogP contribution in [-0.4, -0.2) is 28.8 Å². The molecule has 0 fully saturated rings. The van der Waals surface area contributed by atoms with Crippen molar-refractivity contribution in [2.45, 2.75) is 0 Å². The van der Waals surface area contributed by atoms with Crippen LogP contribution in [0.3, 0.4) is 0 Å². The van der Waals surface area contributed by atoms with E-state index in [0.29, 0.717) is 32.4 Å². The molecule has 0 unspecified atom stereocenters. The molecule has 0 radical (unpaired) electrons. The summed E-state index contributed by atoms with van der Waals surface area (Å²) in [6.45, 7) is 0. The van der Waals surface area contributed by atoms with E-state index in [-0.39, 0.29) is 11.4 Å². The summed E-state index contributed by atoms with van der Waals surface area (Å²) in [5.74, 6) is 1.30. The maximum atomic E-state index is 13.1. The zero-order valence-electron chi connectivity index (χ0n) is 14.5. The Hall–Kier alpha value is -3.26. The lowest BCUT2D eigenvalue weighted by Crippen LogP contribution is -2.23. The number of halogens is 1. The Morgan fingerprint density at radius 3 is 2.56 bits per heavy atom. The molecule has 0 N–H and O–H groups in total. The van der Waals surface area contributed by atoms with Crippen LogP contribution in [0.25, 0.3) is 22.4 Å². The lowest BCUT2D eigenvalue weighted by molar-refractivity contribution is 0.393. The minimum atomic E-state index is -0.338. The number of nitrogens with zero attached hydrogens (tertiary/aromatic N) is 3. The van der Waals surface area contributed by atoms with E-state index in [1.54, 1.807) is 44.6 Å². The maximum Gasteiger partial charge on any atom is 0.291 e. The summed E-state index contributed by atoms with van der Waals surface area (Å²) < 4.78 is 25.4. The van der Waals surface area contributed by atoms with Crippen LogP contribution in [0.4, 0.5) is 4.39 Å². The molecule has 0 saturated carbocycles. The van der Waals surface area contributed by atoms with Gasteiger partial charge in [-0.15, -0.1) is 5.10 Å². The van der Waals surface area contributed by atoms with Crippen LogP contribution >= 0.6 is 11.3 Å². The molecule has 6 nitrogen and oxygen atoms in total. The highest BCUT2D eigenvalue weighted by Crippen LogP contribution is 2.25. The third-order valence-electron chi connectivity index (χ3n) is 4.01. The molecule has 2 heterocycles. The van der Waals surface area contributed by atoms with Gasteiger partial charge in [-0.05, 0) is 42.5 Å². The standard InChI is InChI=1S/C19H14FN3O3S/c1-25-14-8-5-12(15(10-14)26-2)9-16-18(24)23-19(27-16)21-17(22-23)11-3-6-13(20)7-4-11/h3-10H,1-2H3. The van der Waals surface area contributed by atoms with E-state index < -0.39 is 0 Å². The van der Waals surface area contributed by atoms with Gasteiger partial charge < -0.3 is 9.47 Å². The number of ether oxygens (including phenoxy) is 2. The highest BCUT2D eigenvalue weighted by molar-refractivity contribution is 7.15. The number of fused-ring (bicyclic) bond motifs is 1. The van der Waals surface area contributed by atoms with Crippen molar-refractivity contribution in [1.29, 1.82) is 0 Å². The van der Waals surface area contributed by atoms with E-state index in [9.17, 15) is 9.18 Å². The van der Waals surface area contributed by atoms with E-state index in [4.69, 9.17) is 9.47 Å². The zero-order chi connectivity index (χ0) is 19.0. The number of aromatic nitrogens is 3. The Kier molecular flexibility index (Phi) is 4.33. The second-order valence-electron chi connectivity index (χ2n) is 5.66. The molecule has 2 aromatic carbocycles. The van der Waals surface area contributed by atoms with Crippen molar-refractivity contribution in [3.8, 4) is 22.9 Å². The molecule has 0 spiro atoms. The summed E-state index contributed by atoms with van der Waals surface area (Å²) in [4.78, 5) is 17.5. The van der Waals surface area contributed by atoms with Crippen molar-refractivity contribution in [2.24, 2.45) is 0 Å². The van der Waals surface area contributed by atoms with Crippen molar-refractivity contribution in [1.82, 2.24) is 14.6 Å². The number of benzene rings is 2. The van der Waals surface area contributed by atoms with Crippen molar-refractivity contribution in [2.75, 3.05) is 14.2 Å². The molecule has 0 bridgehead atoms. The Bertz CT molecular complexity index is 1230. The van der Waals surface area contributed by atoms with Gasteiger partial charge in [0.25, 0.3) is 5.56 Å². The Morgan fingerprint density at radius 1 is 1.11 bits per heavy atom. The van der Waals surface area contributed by atoms with Crippen LogP contribution in [0, 0.1) is 5.82 Å². The monoisotopic (exact) mass is 383 g/mol. The number of hydrogen-bond acceptors (Lipinski definition) is 6. The minimum absolute atomic E-state index is 0.270. The lowest BCUT2D eigenvalue weighted by Gasteiger charge is -2.06. The second-order valence-corrected chi connectivity index (χ2v) is 6.67. The Morgan fingerprint density at radius 2 is 1.89 bits per heavy atom. The highest BCUT2D eigenvalue weighted by Gasteiger charge is 2.12. The molecule has 0 amide bonds. The van der Waals surface area contributed by atoms with E-state index in [2.05, 4.69) is 10.1 Å². The van der Waals surface area contributed by atoms with Gasteiger partial charge in [0, 0.05) is 17.2 Å². The molecule has 0 aliphatic carbocycles. The van der Waals surface area contributed by atoms with Crippen LogP contribution in [-0.2, 0) is 0 Å². The topological polar surface area (TPSA) is 65.7 Å². The molecule has 4 aromatic rings. The largest absolute Gasteiger partial charge is 0.497 e. The average molecular weight is 383 g/mol. The van der Waals surface area contributed by atoms with Crippen LogP contribution in [0.1, 0.15) is 5.56 Å². The van der Waals surface area contributed by atoms with E-state index in [1.807, 2.05) is 6.07 Å². The van der Waals surface area contributed by atoms with Crippen LogP contribution < -0.4 is 19.6 Å². The summed E-state index contributed by atoms with van der Waals surface area (Å²) in [5.41, 5.74) is 1.13. The summed E-state index contributed by atoms with van der Waals surface area (Å²) >= 11 is 1.23. The molecule has 8 heteroatoms. The predicted octanol–water partition coefficient (Wildman–Crippen LogP) is 2.52. The van der Waals surface area contributed by atoms with Crippen LogP contribution in [0.2, 0.25) is 0 Å². The molecule has 0 aliphatic rings. The molecule has 2 aromatic heterocycles. The van der Waals surface area contributed by atoms with Gasteiger partial charge in [0.15, 0.2) is 5.82 Å². The normalized spacial score (nSPS) is 11.9. The number of methoxy groups -OCH3 is 2. The summed E-state index contributed by atoms with van der Waals surface area (Å²) in [6, 6.07) is 11.2. The molecule has 0 aliphatic heterocycles. The molecule has 0 saturated heterocycles. The third kappa shape index (κ3) is 3.15. The third-order valence-corrected chi connectivity index (χ3v) is 4.97. The maximum absolute atomic E-state index is 13.1. The first-order valence-corrected chi connectivity index (χ1v) is 8.80. The van der Waals surface area contributed by atoms with Crippen molar-refractivity contribution in [3.63, 3.8) is 0 Å². The Labute approximate surface area is 157 Å². The van der Waals surface area contributed by atoms with Crippen molar-refractivity contribution >= 4 is 22.4 Å². The zero-order valence-corrected chi connectivity index (χ0v) is 15.3. The SMILES string of the molecule is COc1ccc(C=c2sc3nc(-c4ccc(F)cc4)nn3c2=O)c(OC)c1. The quantitative estimate of drug-likeness (QED) is 0.542. The summed E-state index contributed by atoms with van der Waals surface area (Å²) in [7, 11) is 3.13. The number of hydrogen-bond donors (Lipinski definition) is 0. The molecule has 0 atom stereocenters. The van der Waals surface area contributed by atoms with Gasteiger partial charge in [-0.3, -0.25) is 4.79 Å². The van der Waals surface area contributed by atoms with Gasteiger partial charge >= 0.3 is 0 Å². The fourth-order valence-electron chi connectivity index (χ4n) is 2.63. The van der Waals surface area contributed by atoms with E-state index in [0.717, 1.165) is 5.56 Å². The minimum Gasteiger partial charge on any atom is -0.497 e. The summed E-state index contributed by atoms with van der Waals surface area (Å²) in [6.07, 6.45) is 1.74. The lowest BCUT2D eigenvalue weighted by atomic mass is 10.2. The Balaban J connectivity index is 1.79. The fraction of sp³-hybridized carbons (Fsp3) is 0.105. The first kappa shape index (κ1) is 17.2. The predicted molar refractivity (Wildman–Crippen MR) is 101 cm³/mol. The smallest absolute Gasteiger partial charge is 0.291 e.